The zero-order valence-corrected chi connectivity index (χ0v) is 19.8. The van der Waals surface area contributed by atoms with Crippen molar-refractivity contribution >= 4 is 37.3 Å². The molecule has 0 saturated carbocycles. The van der Waals surface area contributed by atoms with Gasteiger partial charge in [0.2, 0.25) is 20.0 Å². The molecule has 0 fully saturated rings. The molecule has 0 aliphatic carbocycles. The summed E-state index contributed by atoms with van der Waals surface area (Å²) in [6, 6.07) is 10.8. The molecule has 0 saturated heterocycles. The Morgan fingerprint density at radius 2 is 1.48 bits per heavy atom. The lowest BCUT2D eigenvalue weighted by molar-refractivity contribution is 0.102. The van der Waals surface area contributed by atoms with Crippen LogP contribution in [0.1, 0.15) is 43.1 Å². The molecule has 0 spiro atoms. The fourth-order valence-corrected chi connectivity index (χ4v) is 5.89. The Labute approximate surface area is 184 Å². The third-order valence-corrected chi connectivity index (χ3v) is 8.35. The maximum atomic E-state index is 12.9. The number of hydrogen-bond acceptors (Lipinski definition) is 5. The van der Waals surface area contributed by atoms with Crippen LogP contribution in [0.4, 0.5) is 11.4 Å². The lowest BCUT2D eigenvalue weighted by Gasteiger charge is -2.20. The topological polar surface area (TPSA) is 113 Å². The van der Waals surface area contributed by atoms with E-state index in [2.05, 4.69) is 10.0 Å². The van der Waals surface area contributed by atoms with Gasteiger partial charge >= 0.3 is 0 Å². The molecular formula is C21H29N3O5S2. The van der Waals surface area contributed by atoms with E-state index in [1.165, 1.54) is 10.4 Å². The second-order valence-corrected chi connectivity index (χ2v) is 10.8. The van der Waals surface area contributed by atoms with E-state index in [-0.39, 0.29) is 16.2 Å². The van der Waals surface area contributed by atoms with Gasteiger partial charge in [0.25, 0.3) is 5.91 Å². The Morgan fingerprint density at radius 1 is 0.903 bits per heavy atom. The van der Waals surface area contributed by atoms with Crippen molar-refractivity contribution in [3.05, 3.63) is 53.6 Å². The number of sulfonamides is 2. The molecule has 8 nitrogen and oxygen atoms in total. The highest BCUT2D eigenvalue weighted by Crippen LogP contribution is 2.22. The first-order valence-corrected chi connectivity index (χ1v) is 13.2. The summed E-state index contributed by atoms with van der Waals surface area (Å²) in [6.45, 7) is 7.67. The number of carbonyl (C=O) groups excluding carboxylic acids is 1. The van der Waals surface area contributed by atoms with Gasteiger partial charge in [-0.3, -0.25) is 9.52 Å². The van der Waals surface area contributed by atoms with Crippen LogP contribution in [0.2, 0.25) is 0 Å². The molecule has 0 atom stereocenters. The molecule has 2 aromatic carbocycles. The van der Waals surface area contributed by atoms with Crippen LogP contribution < -0.4 is 10.0 Å². The average molecular weight is 468 g/mol. The smallest absolute Gasteiger partial charge is 0.255 e. The van der Waals surface area contributed by atoms with Crippen molar-refractivity contribution in [1.82, 2.24) is 4.31 Å². The van der Waals surface area contributed by atoms with Crippen LogP contribution >= 0.6 is 0 Å². The molecule has 0 aromatic heterocycles. The molecule has 31 heavy (non-hydrogen) atoms. The first kappa shape index (κ1) is 24.8. The fraction of sp³-hybridized carbons (Fsp3) is 0.381. The minimum Gasteiger partial charge on any atom is -0.322 e. The summed E-state index contributed by atoms with van der Waals surface area (Å²) in [5.41, 5.74) is 1.63. The molecular weight excluding hydrogens is 438 g/mol. The van der Waals surface area contributed by atoms with Crippen molar-refractivity contribution in [3.63, 3.8) is 0 Å². The number of carbonyl (C=O) groups is 1. The zero-order valence-electron chi connectivity index (χ0n) is 18.2. The van der Waals surface area contributed by atoms with Gasteiger partial charge in [-0.15, -0.1) is 0 Å². The third-order valence-electron chi connectivity index (χ3n) is 4.66. The molecule has 1 amide bonds. The Hall–Kier alpha value is -2.43. The van der Waals surface area contributed by atoms with Gasteiger partial charge in [0, 0.05) is 30.0 Å². The van der Waals surface area contributed by atoms with E-state index in [1.54, 1.807) is 64.1 Å². The number of nitrogens with one attached hydrogen (secondary N) is 2. The van der Waals surface area contributed by atoms with Gasteiger partial charge in [-0.05, 0) is 55.3 Å². The molecule has 10 heteroatoms. The molecule has 0 aliphatic rings. The highest BCUT2D eigenvalue weighted by Gasteiger charge is 2.24. The third kappa shape index (κ3) is 6.28. The van der Waals surface area contributed by atoms with Crippen LogP contribution in [0.15, 0.2) is 47.4 Å². The normalized spacial score (nSPS) is 12.0. The molecule has 170 valence electrons. The van der Waals surface area contributed by atoms with Crippen molar-refractivity contribution in [2.24, 2.45) is 0 Å². The second-order valence-electron chi connectivity index (χ2n) is 7.02. The fourth-order valence-electron chi connectivity index (χ4n) is 3.05. The molecule has 0 heterocycles. The van der Waals surface area contributed by atoms with Gasteiger partial charge in [0.05, 0.1) is 10.6 Å². The number of nitrogens with zero attached hydrogens (tertiary/aromatic N) is 1. The van der Waals surface area contributed by atoms with Crippen LogP contribution in [-0.2, 0) is 20.0 Å². The number of benzene rings is 2. The van der Waals surface area contributed by atoms with E-state index < -0.39 is 26.0 Å². The molecule has 0 aliphatic heterocycles. The Bertz CT molecular complexity index is 1120. The summed E-state index contributed by atoms with van der Waals surface area (Å²) >= 11 is 0. The standard InChI is InChI=1S/C21H29N3O5S2/c1-5-14-30(26,27)23-19-12-10-18(11-13-19)22-21(25)17-9-8-16(4)20(15-17)31(28,29)24(6-2)7-3/h8-13,15,23H,5-7,14H2,1-4H3,(H,22,25). The maximum absolute atomic E-state index is 12.9. The summed E-state index contributed by atoms with van der Waals surface area (Å²) in [5, 5.41) is 2.70. The van der Waals surface area contributed by atoms with Crippen molar-refractivity contribution < 1.29 is 21.6 Å². The molecule has 2 N–H and O–H groups in total. The summed E-state index contributed by atoms with van der Waals surface area (Å²) in [6.07, 6.45) is 0.506. The minimum atomic E-state index is -3.70. The molecule has 0 bridgehead atoms. The van der Waals surface area contributed by atoms with Crippen molar-refractivity contribution in [1.29, 1.82) is 0 Å². The summed E-state index contributed by atoms with van der Waals surface area (Å²) < 4.78 is 53.3. The number of anilines is 2. The van der Waals surface area contributed by atoms with Crippen LogP contribution in [0.25, 0.3) is 0 Å². The highest BCUT2D eigenvalue weighted by atomic mass is 32.2. The predicted octanol–water partition coefficient (Wildman–Crippen LogP) is 3.43. The summed E-state index contributed by atoms with van der Waals surface area (Å²) in [7, 11) is -7.10. The van der Waals surface area contributed by atoms with Crippen molar-refractivity contribution in [3.8, 4) is 0 Å². The first-order valence-electron chi connectivity index (χ1n) is 10.1. The van der Waals surface area contributed by atoms with Gasteiger partial charge in [0.15, 0.2) is 0 Å². The molecule has 0 unspecified atom stereocenters. The van der Waals surface area contributed by atoms with E-state index >= 15 is 0 Å². The van der Waals surface area contributed by atoms with Gasteiger partial charge in [-0.2, -0.15) is 4.31 Å². The lowest BCUT2D eigenvalue weighted by atomic mass is 10.1. The molecule has 0 radical (unpaired) electrons. The van der Waals surface area contributed by atoms with E-state index in [4.69, 9.17) is 0 Å². The van der Waals surface area contributed by atoms with Crippen LogP contribution in [0, 0.1) is 6.92 Å². The minimum absolute atomic E-state index is 0.0254. The zero-order chi connectivity index (χ0) is 23.2. The van der Waals surface area contributed by atoms with Crippen molar-refractivity contribution in [2.75, 3.05) is 28.9 Å². The SMILES string of the molecule is CCCS(=O)(=O)Nc1ccc(NC(=O)c2ccc(C)c(S(=O)(=O)N(CC)CC)c2)cc1. The molecule has 2 aromatic rings. The predicted molar refractivity (Wildman–Crippen MR) is 123 cm³/mol. The number of amides is 1. The van der Waals surface area contributed by atoms with Gasteiger partial charge < -0.3 is 5.32 Å². The van der Waals surface area contributed by atoms with E-state index in [0.717, 1.165) is 0 Å². The Balaban J connectivity index is 2.21. The largest absolute Gasteiger partial charge is 0.322 e. The molecule has 2 rings (SSSR count). The average Bonchev–Trinajstić information content (AvgIpc) is 2.70. The maximum Gasteiger partial charge on any atom is 0.255 e. The number of aryl methyl sites for hydroxylation is 1. The monoisotopic (exact) mass is 467 g/mol. The quantitative estimate of drug-likeness (QED) is 0.556. The van der Waals surface area contributed by atoms with Crippen LogP contribution in [0.3, 0.4) is 0 Å². The van der Waals surface area contributed by atoms with E-state index in [0.29, 0.717) is 36.4 Å². The lowest BCUT2D eigenvalue weighted by Crippen LogP contribution is -2.31. The first-order chi connectivity index (χ1) is 14.5. The van der Waals surface area contributed by atoms with Crippen LogP contribution in [0.5, 0.6) is 0 Å². The Morgan fingerprint density at radius 3 is 2.03 bits per heavy atom. The second kappa shape index (κ2) is 10.3. The van der Waals surface area contributed by atoms with Crippen molar-refractivity contribution in [2.45, 2.75) is 39.0 Å². The summed E-state index contributed by atoms with van der Waals surface area (Å²) in [4.78, 5) is 12.8. The summed E-state index contributed by atoms with van der Waals surface area (Å²) in [5.74, 6) is -0.437. The van der Waals surface area contributed by atoms with Gasteiger partial charge in [-0.1, -0.05) is 26.8 Å². The number of rotatable bonds is 10. The van der Waals surface area contributed by atoms with E-state index in [9.17, 15) is 21.6 Å². The Kier molecular flexibility index (Phi) is 8.21. The van der Waals surface area contributed by atoms with Gasteiger partial charge in [0.1, 0.15) is 0 Å². The highest BCUT2D eigenvalue weighted by molar-refractivity contribution is 7.92. The number of hydrogen-bond donors (Lipinski definition) is 2. The van der Waals surface area contributed by atoms with Gasteiger partial charge in [-0.25, -0.2) is 16.8 Å². The van der Waals surface area contributed by atoms with Crippen LogP contribution in [-0.4, -0.2) is 45.9 Å². The van der Waals surface area contributed by atoms with E-state index in [1.807, 2.05) is 0 Å².